The van der Waals surface area contributed by atoms with E-state index < -0.39 is 5.97 Å². The Bertz CT molecular complexity index is 516. The molecule has 0 aromatic carbocycles. The summed E-state index contributed by atoms with van der Waals surface area (Å²) in [6, 6.07) is 1.46. The highest BCUT2D eigenvalue weighted by molar-refractivity contribution is 5.89. The predicted molar refractivity (Wildman–Crippen MR) is 58.1 cm³/mol. The van der Waals surface area contributed by atoms with E-state index in [1.807, 2.05) is 6.92 Å². The van der Waals surface area contributed by atoms with Crippen molar-refractivity contribution in [2.45, 2.75) is 25.8 Å². The Kier molecular flexibility index (Phi) is 2.60. The van der Waals surface area contributed by atoms with Crippen molar-refractivity contribution in [1.29, 1.82) is 0 Å². The van der Waals surface area contributed by atoms with Crippen LogP contribution in [0.3, 0.4) is 0 Å². The molecule has 0 aliphatic carbocycles. The van der Waals surface area contributed by atoms with Crippen molar-refractivity contribution in [3.05, 3.63) is 34.5 Å². The van der Waals surface area contributed by atoms with Crippen molar-refractivity contribution in [3.8, 4) is 0 Å². The van der Waals surface area contributed by atoms with Gasteiger partial charge < -0.3 is 5.11 Å². The van der Waals surface area contributed by atoms with E-state index in [1.165, 1.54) is 12.3 Å². The van der Waals surface area contributed by atoms with Gasteiger partial charge in [0, 0.05) is 30.0 Å². The van der Waals surface area contributed by atoms with Crippen LogP contribution in [0.4, 0.5) is 0 Å². The number of hydrogen-bond donors (Lipinski definition) is 1. The van der Waals surface area contributed by atoms with E-state index in [0.717, 1.165) is 12.5 Å². The van der Waals surface area contributed by atoms with Gasteiger partial charge in [-0.15, -0.1) is 0 Å². The van der Waals surface area contributed by atoms with Gasteiger partial charge in [0.25, 0.3) is 5.56 Å². The first-order valence-corrected chi connectivity index (χ1v) is 5.11. The Balaban J connectivity index is 2.62. The van der Waals surface area contributed by atoms with E-state index in [0.29, 0.717) is 17.8 Å². The minimum atomic E-state index is -1.01. The molecule has 2 heterocycles. The molecule has 1 unspecified atom stereocenters. The number of allylic oxidation sites excluding steroid dienone is 1. The lowest BCUT2D eigenvalue weighted by Crippen LogP contribution is -2.29. The number of carboxylic acids is 1. The molecule has 0 radical (unpaired) electrons. The third kappa shape index (κ3) is 1.76. The minimum absolute atomic E-state index is 0.0714. The summed E-state index contributed by atoms with van der Waals surface area (Å²) in [4.78, 5) is 26.4. The van der Waals surface area contributed by atoms with E-state index in [9.17, 15) is 9.59 Å². The van der Waals surface area contributed by atoms with Crippen LogP contribution in [0.2, 0.25) is 0 Å². The zero-order chi connectivity index (χ0) is 11.7. The van der Waals surface area contributed by atoms with Crippen molar-refractivity contribution in [2.75, 3.05) is 0 Å². The van der Waals surface area contributed by atoms with E-state index in [4.69, 9.17) is 5.11 Å². The summed E-state index contributed by atoms with van der Waals surface area (Å²) in [5, 5.41) is 8.73. The van der Waals surface area contributed by atoms with Crippen LogP contribution >= 0.6 is 0 Å². The average molecular weight is 220 g/mol. The van der Waals surface area contributed by atoms with Crippen LogP contribution in [-0.4, -0.2) is 20.6 Å². The summed E-state index contributed by atoms with van der Waals surface area (Å²) in [7, 11) is 0. The predicted octanol–water partition coefficient (Wildman–Crippen LogP) is 1.07. The maximum absolute atomic E-state index is 11.7. The van der Waals surface area contributed by atoms with E-state index in [1.54, 1.807) is 4.57 Å². The summed E-state index contributed by atoms with van der Waals surface area (Å²) in [5.41, 5.74) is 0.483. The lowest BCUT2D eigenvalue weighted by Gasteiger charge is -2.25. The number of fused-ring (bicyclic) bond motifs is 1. The smallest absolute Gasteiger partial charge is 0.328 e. The zero-order valence-corrected chi connectivity index (χ0v) is 8.88. The van der Waals surface area contributed by atoms with Crippen LogP contribution in [0.5, 0.6) is 0 Å². The van der Waals surface area contributed by atoms with Crippen LogP contribution in [0.25, 0.3) is 5.57 Å². The summed E-state index contributed by atoms with van der Waals surface area (Å²) >= 11 is 0. The fourth-order valence-corrected chi connectivity index (χ4v) is 1.97. The SMILES string of the molecule is CC1CC/C(=C\C(=O)O)c2nccc(=O)n21. The Labute approximate surface area is 92.1 Å². The van der Waals surface area contributed by atoms with Gasteiger partial charge in [-0.3, -0.25) is 9.36 Å². The van der Waals surface area contributed by atoms with Crippen LogP contribution in [0.1, 0.15) is 31.6 Å². The van der Waals surface area contributed by atoms with Crippen LogP contribution in [-0.2, 0) is 4.79 Å². The Morgan fingerprint density at radius 1 is 1.69 bits per heavy atom. The van der Waals surface area contributed by atoms with Gasteiger partial charge in [0.1, 0.15) is 5.82 Å². The molecule has 0 amide bonds. The molecule has 16 heavy (non-hydrogen) atoms. The molecule has 0 fully saturated rings. The largest absolute Gasteiger partial charge is 0.478 e. The molecule has 0 bridgehead atoms. The molecular weight excluding hydrogens is 208 g/mol. The molecule has 0 spiro atoms. The normalized spacial score (nSPS) is 21.8. The Morgan fingerprint density at radius 2 is 2.44 bits per heavy atom. The molecule has 0 saturated carbocycles. The summed E-state index contributed by atoms with van der Waals surface area (Å²) < 4.78 is 1.55. The number of carboxylic acid groups (broad SMARTS) is 1. The standard InChI is InChI=1S/C11H12N2O3/c1-7-2-3-8(6-10(15)16)11-12-5-4-9(14)13(7)11/h4-7H,2-3H2,1H3,(H,15,16)/b8-6+. The van der Waals surface area contributed by atoms with Gasteiger partial charge >= 0.3 is 5.97 Å². The zero-order valence-electron chi connectivity index (χ0n) is 8.88. The lowest BCUT2D eigenvalue weighted by atomic mass is 10.00. The number of rotatable bonds is 1. The molecule has 1 atom stereocenters. The average Bonchev–Trinajstić information content (AvgIpc) is 2.22. The van der Waals surface area contributed by atoms with Crippen LogP contribution in [0.15, 0.2) is 23.1 Å². The highest BCUT2D eigenvalue weighted by atomic mass is 16.4. The maximum Gasteiger partial charge on any atom is 0.328 e. The first-order valence-electron chi connectivity index (χ1n) is 5.11. The second kappa shape index (κ2) is 3.92. The topological polar surface area (TPSA) is 72.2 Å². The fourth-order valence-electron chi connectivity index (χ4n) is 1.97. The summed E-state index contributed by atoms with van der Waals surface area (Å²) in [6.07, 6.45) is 3.95. The van der Waals surface area contributed by atoms with Gasteiger partial charge in [0.15, 0.2) is 0 Å². The van der Waals surface area contributed by atoms with Crippen LogP contribution in [0, 0.1) is 0 Å². The fraction of sp³-hybridized carbons (Fsp3) is 0.364. The molecule has 84 valence electrons. The van der Waals surface area contributed by atoms with Gasteiger partial charge in [-0.05, 0) is 19.8 Å². The molecule has 5 heteroatoms. The molecule has 0 saturated heterocycles. The van der Waals surface area contributed by atoms with Crippen molar-refractivity contribution in [2.24, 2.45) is 0 Å². The third-order valence-electron chi connectivity index (χ3n) is 2.74. The molecule has 1 aliphatic heterocycles. The van der Waals surface area contributed by atoms with Crippen molar-refractivity contribution in [1.82, 2.24) is 9.55 Å². The molecule has 1 aromatic rings. The van der Waals surface area contributed by atoms with Crippen LogP contribution < -0.4 is 5.56 Å². The highest BCUT2D eigenvalue weighted by Gasteiger charge is 2.21. The second-order valence-corrected chi connectivity index (χ2v) is 3.87. The van der Waals surface area contributed by atoms with Crippen molar-refractivity contribution < 1.29 is 9.90 Å². The van der Waals surface area contributed by atoms with Gasteiger partial charge in [0.05, 0.1) is 0 Å². The number of carbonyl (C=O) groups is 1. The minimum Gasteiger partial charge on any atom is -0.478 e. The molecule has 1 aliphatic rings. The molecule has 5 nitrogen and oxygen atoms in total. The first kappa shape index (κ1) is 10.6. The Hall–Kier alpha value is -1.91. The third-order valence-corrected chi connectivity index (χ3v) is 2.74. The molecular formula is C11H12N2O3. The molecule has 2 rings (SSSR count). The van der Waals surface area contributed by atoms with Crippen molar-refractivity contribution >= 4 is 11.5 Å². The number of nitrogens with zero attached hydrogens (tertiary/aromatic N) is 2. The number of hydrogen-bond acceptors (Lipinski definition) is 3. The number of aromatic nitrogens is 2. The molecule has 1 aromatic heterocycles. The highest BCUT2D eigenvalue weighted by Crippen LogP contribution is 2.29. The van der Waals surface area contributed by atoms with E-state index >= 15 is 0 Å². The van der Waals surface area contributed by atoms with Gasteiger partial charge in [-0.25, -0.2) is 9.78 Å². The summed E-state index contributed by atoms with van der Waals surface area (Å²) in [5.74, 6) is -0.525. The van der Waals surface area contributed by atoms with Gasteiger partial charge in [0.2, 0.25) is 0 Å². The Morgan fingerprint density at radius 3 is 3.12 bits per heavy atom. The van der Waals surface area contributed by atoms with Gasteiger partial charge in [-0.2, -0.15) is 0 Å². The van der Waals surface area contributed by atoms with Crippen molar-refractivity contribution in [3.63, 3.8) is 0 Å². The molecule has 1 N–H and O–H groups in total. The quantitative estimate of drug-likeness (QED) is 0.718. The lowest BCUT2D eigenvalue weighted by molar-refractivity contribution is -0.131. The van der Waals surface area contributed by atoms with Gasteiger partial charge in [-0.1, -0.05) is 0 Å². The summed E-state index contributed by atoms with van der Waals surface area (Å²) in [6.45, 7) is 1.93. The van der Waals surface area contributed by atoms with E-state index in [2.05, 4.69) is 4.98 Å². The monoisotopic (exact) mass is 220 g/mol. The maximum atomic E-state index is 11.7. The van der Waals surface area contributed by atoms with E-state index in [-0.39, 0.29) is 11.6 Å². The number of aliphatic carboxylic acids is 1. The second-order valence-electron chi connectivity index (χ2n) is 3.87. The first-order chi connectivity index (χ1) is 7.59.